The Morgan fingerprint density at radius 2 is 1.89 bits per heavy atom. The number of hydrogen-bond acceptors (Lipinski definition) is 3. The first-order valence-electron chi connectivity index (χ1n) is 9.38. The van der Waals surface area contributed by atoms with Gasteiger partial charge in [-0.2, -0.15) is 0 Å². The van der Waals surface area contributed by atoms with Crippen molar-refractivity contribution in [1.82, 2.24) is 9.80 Å². The van der Waals surface area contributed by atoms with Gasteiger partial charge in [-0.25, -0.2) is 4.39 Å². The highest BCUT2D eigenvalue weighted by atomic mass is 35.5. The van der Waals surface area contributed by atoms with E-state index in [-0.39, 0.29) is 30.4 Å². The molecule has 27 heavy (non-hydrogen) atoms. The molecule has 1 aromatic carbocycles. The minimum Gasteiger partial charge on any atom is -0.488 e. The van der Waals surface area contributed by atoms with E-state index in [2.05, 4.69) is 18.7 Å². The Bertz CT molecular complexity index is 732. The van der Waals surface area contributed by atoms with E-state index in [0.717, 1.165) is 42.3 Å². The zero-order valence-electron chi connectivity index (χ0n) is 15.8. The molecule has 2 atom stereocenters. The number of allylic oxidation sites excluding steroid dienone is 4. The topological polar surface area (TPSA) is 32.8 Å². The molecular formula is C21H26ClFN2O2. The zero-order chi connectivity index (χ0) is 19.4. The summed E-state index contributed by atoms with van der Waals surface area (Å²) < 4.78 is 18.8. The van der Waals surface area contributed by atoms with Crippen LogP contribution in [0.15, 0.2) is 47.2 Å². The SMILES string of the molecule is C[C@@H]1CN(Cc2ccc(F)cc2)[C@@H](C)CN1C(=O)COC1=CC=C(Cl)CC1. The molecule has 0 aromatic heterocycles. The van der Waals surface area contributed by atoms with E-state index < -0.39 is 0 Å². The van der Waals surface area contributed by atoms with E-state index in [4.69, 9.17) is 16.3 Å². The number of carbonyl (C=O) groups is 1. The summed E-state index contributed by atoms with van der Waals surface area (Å²) in [5.41, 5.74) is 1.08. The summed E-state index contributed by atoms with van der Waals surface area (Å²) in [6.07, 6.45) is 5.16. The Labute approximate surface area is 165 Å². The molecular weight excluding hydrogens is 367 g/mol. The van der Waals surface area contributed by atoms with Crippen LogP contribution >= 0.6 is 11.6 Å². The highest BCUT2D eigenvalue weighted by Crippen LogP contribution is 2.22. The number of nitrogens with zero attached hydrogens (tertiary/aromatic N) is 2. The molecule has 0 unspecified atom stereocenters. The highest BCUT2D eigenvalue weighted by Gasteiger charge is 2.32. The summed E-state index contributed by atoms with van der Waals surface area (Å²) in [7, 11) is 0. The molecule has 1 aliphatic carbocycles. The van der Waals surface area contributed by atoms with E-state index in [1.165, 1.54) is 12.1 Å². The maximum Gasteiger partial charge on any atom is 0.260 e. The number of benzene rings is 1. The number of piperazine rings is 1. The van der Waals surface area contributed by atoms with Gasteiger partial charge < -0.3 is 9.64 Å². The van der Waals surface area contributed by atoms with Crippen LogP contribution in [0.2, 0.25) is 0 Å². The average Bonchev–Trinajstić information content (AvgIpc) is 2.65. The number of carbonyl (C=O) groups excluding carboxylic acids is 1. The molecule has 1 amide bonds. The van der Waals surface area contributed by atoms with Crippen molar-refractivity contribution in [3.63, 3.8) is 0 Å². The second kappa shape index (κ2) is 8.89. The maximum absolute atomic E-state index is 13.1. The van der Waals surface area contributed by atoms with Gasteiger partial charge in [0.1, 0.15) is 5.82 Å². The Morgan fingerprint density at radius 3 is 2.56 bits per heavy atom. The van der Waals surface area contributed by atoms with Gasteiger partial charge in [0.2, 0.25) is 0 Å². The van der Waals surface area contributed by atoms with Crippen molar-refractivity contribution in [3.05, 3.63) is 58.6 Å². The Hall–Kier alpha value is -1.85. The lowest BCUT2D eigenvalue weighted by Crippen LogP contribution is -2.58. The van der Waals surface area contributed by atoms with Gasteiger partial charge in [0.15, 0.2) is 6.61 Å². The molecule has 1 fully saturated rings. The minimum absolute atomic E-state index is 0.0114. The highest BCUT2D eigenvalue weighted by molar-refractivity contribution is 6.29. The Kier molecular flexibility index (Phi) is 6.55. The van der Waals surface area contributed by atoms with Gasteiger partial charge >= 0.3 is 0 Å². The summed E-state index contributed by atoms with van der Waals surface area (Å²) in [6, 6.07) is 6.94. The molecule has 1 aliphatic heterocycles. The van der Waals surface area contributed by atoms with Crippen LogP contribution in [0.5, 0.6) is 0 Å². The van der Waals surface area contributed by atoms with Gasteiger partial charge in [0.05, 0.1) is 5.76 Å². The standard InChI is InChI=1S/C21H26ClFN2O2/c1-15-12-25(21(26)14-27-20-9-5-18(22)6-10-20)16(2)11-24(15)13-17-3-7-19(23)8-4-17/h3-5,7-9,15-16H,6,10-14H2,1-2H3/t15-,16+/m0/s1. The van der Waals surface area contributed by atoms with Crippen LogP contribution in [0, 0.1) is 5.82 Å². The molecule has 0 spiro atoms. The van der Waals surface area contributed by atoms with Crippen molar-refractivity contribution in [2.75, 3.05) is 19.7 Å². The van der Waals surface area contributed by atoms with Crippen molar-refractivity contribution in [1.29, 1.82) is 0 Å². The average molecular weight is 393 g/mol. The Balaban J connectivity index is 1.53. The largest absolute Gasteiger partial charge is 0.488 e. The minimum atomic E-state index is -0.221. The first-order valence-corrected chi connectivity index (χ1v) is 9.76. The van der Waals surface area contributed by atoms with Crippen LogP contribution in [-0.2, 0) is 16.1 Å². The van der Waals surface area contributed by atoms with Crippen molar-refractivity contribution in [2.45, 2.75) is 45.3 Å². The van der Waals surface area contributed by atoms with E-state index in [0.29, 0.717) is 6.54 Å². The van der Waals surface area contributed by atoms with Crippen molar-refractivity contribution in [3.8, 4) is 0 Å². The van der Waals surface area contributed by atoms with E-state index in [1.54, 1.807) is 0 Å². The summed E-state index contributed by atoms with van der Waals surface area (Å²) >= 11 is 5.94. The lowest BCUT2D eigenvalue weighted by molar-refractivity contribution is -0.141. The molecule has 0 bridgehead atoms. The number of hydrogen-bond donors (Lipinski definition) is 0. The normalized spacial score (nSPS) is 23.6. The molecule has 0 radical (unpaired) electrons. The lowest BCUT2D eigenvalue weighted by Gasteiger charge is -2.44. The maximum atomic E-state index is 13.1. The summed E-state index contributed by atoms with van der Waals surface area (Å²) in [5, 5.41) is 0.813. The summed E-state index contributed by atoms with van der Waals surface area (Å²) in [4.78, 5) is 16.9. The van der Waals surface area contributed by atoms with Gasteiger partial charge in [-0.3, -0.25) is 9.69 Å². The van der Waals surface area contributed by atoms with E-state index >= 15 is 0 Å². The fourth-order valence-electron chi connectivity index (χ4n) is 3.54. The summed E-state index contributed by atoms with van der Waals surface area (Å²) in [5.74, 6) is 0.599. The number of amides is 1. The molecule has 0 N–H and O–H groups in total. The Morgan fingerprint density at radius 1 is 1.15 bits per heavy atom. The van der Waals surface area contributed by atoms with Gasteiger partial charge in [-0.05, 0) is 50.1 Å². The van der Waals surface area contributed by atoms with Crippen LogP contribution < -0.4 is 0 Å². The molecule has 2 aliphatic rings. The van der Waals surface area contributed by atoms with Crippen LogP contribution in [0.25, 0.3) is 0 Å². The first-order chi connectivity index (χ1) is 12.9. The molecule has 146 valence electrons. The molecule has 1 saturated heterocycles. The van der Waals surface area contributed by atoms with Crippen molar-refractivity contribution in [2.24, 2.45) is 0 Å². The smallest absolute Gasteiger partial charge is 0.260 e. The number of ether oxygens (including phenoxy) is 1. The van der Waals surface area contributed by atoms with Crippen LogP contribution in [0.3, 0.4) is 0 Å². The third-order valence-electron chi connectivity index (χ3n) is 5.18. The van der Waals surface area contributed by atoms with Crippen LogP contribution in [0.4, 0.5) is 4.39 Å². The van der Waals surface area contributed by atoms with Gasteiger partial charge in [0, 0.05) is 43.2 Å². The molecule has 6 heteroatoms. The predicted molar refractivity (Wildman–Crippen MR) is 105 cm³/mol. The van der Waals surface area contributed by atoms with Crippen molar-refractivity contribution < 1.29 is 13.9 Å². The fourth-order valence-corrected chi connectivity index (χ4v) is 3.70. The molecule has 1 aromatic rings. The summed E-state index contributed by atoms with van der Waals surface area (Å²) in [6.45, 7) is 6.44. The number of halogens is 2. The third kappa shape index (κ3) is 5.33. The molecule has 3 rings (SSSR count). The van der Waals surface area contributed by atoms with Crippen LogP contribution in [-0.4, -0.2) is 47.5 Å². The van der Waals surface area contributed by atoms with E-state index in [1.807, 2.05) is 29.2 Å². The van der Waals surface area contributed by atoms with Gasteiger partial charge in [-0.15, -0.1) is 0 Å². The third-order valence-corrected chi connectivity index (χ3v) is 5.49. The second-order valence-electron chi connectivity index (χ2n) is 7.34. The zero-order valence-corrected chi connectivity index (χ0v) is 16.6. The van der Waals surface area contributed by atoms with E-state index in [9.17, 15) is 9.18 Å². The number of rotatable bonds is 5. The van der Waals surface area contributed by atoms with Gasteiger partial charge in [-0.1, -0.05) is 23.7 Å². The lowest BCUT2D eigenvalue weighted by atomic mass is 10.1. The predicted octanol–water partition coefficient (Wildman–Crippen LogP) is 4.06. The quantitative estimate of drug-likeness (QED) is 0.757. The monoisotopic (exact) mass is 392 g/mol. The van der Waals surface area contributed by atoms with Crippen LogP contribution in [0.1, 0.15) is 32.3 Å². The second-order valence-corrected chi connectivity index (χ2v) is 7.82. The molecule has 1 heterocycles. The molecule has 0 saturated carbocycles. The van der Waals surface area contributed by atoms with Crippen molar-refractivity contribution >= 4 is 17.5 Å². The first kappa shape index (κ1) is 19.9. The fraction of sp³-hybridized carbons (Fsp3) is 0.476. The van der Waals surface area contributed by atoms with Gasteiger partial charge in [0.25, 0.3) is 5.91 Å². The molecule has 4 nitrogen and oxygen atoms in total.